The molecule has 1 heterocycles. The molecule has 0 aliphatic heterocycles. The number of nitrogens with one attached hydrogen (secondary N) is 3. The molecule has 15 heteroatoms. The first-order chi connectivity index (χ1) is 18.2. The van der Waals surface area contributed by atoms with Crippen LogP contribution in [-0.4, -0.2) is 74.4 Å². The van der Waals surface area contributed by atoms with Crippen molar-refractivity contribution < 1.29 is 38.9 Å². The molecule has 0 fully saturated rings. The number of carboxylic acid groups (broad SMARTS) is 2. The lowest BCUT2D eigenvalue weighted by atomic mass is 10.1. The van der Waals surface area contributed by atoms with Crippen LogP contribution >= 0.6 is 0 Å². The van der Waals surface area contributed by atoms with Gasteiger partial charge in [0.05, 0.1) is 6.20 Å². The molecule has 2 rings (SSSR count). The van der Waals surface area contributed by atoms with E-state index >= 15 is 0 Å². The zero-order valence-corrected chi connectivity index (χ0v) is 20.5. The SMILES string of the molecule is Nc1cnnn1[C@@H](Cc1ccccc1)C(=O)NCCCC[C@H](NC(=O)N[C@@H](CCC(=O)O)C(=O)O)OC=O. The third-order valence-electron chi connectivity index (χ3n) is 5.43. The zero-order chi connectivity index (χ0) is 27.9. The van der Waals surface area contributed by atoms with Crippen molar-refractivity contribution in [3.63, 3.8) is 0 Å². The highest BCUT2D eigenvalue weighted by Gasteiger charge is 2.24. The number of nitrogens with zero attached hydrogens (tertiary/aromatic N) is 3. The number of anilines is 1. The molecule has 1 aromatic carbocycles. The van der Waals surface area contributed by atoms with Crippen LogP contribution in [0.15, 0.2) is 36.5 Å². The predicted octanol–water partition coefficient (Wildman–Crippen LogP) is 0.0469. The average Bonchev–Trinajstić information content (AvgIpc) is 3.30. The van der Waals surface area contributed by atoms with Gasteiger partial charge in [-0.15, -0.1) is 5.10 Å². The van der Waals surface area contributed by atoms with Gasteiger partial charge in [-0.05, 0) is 24.8 Å². The fraction of sp³-hybridized carbons (Fsp3) is 0.435. The molecule has 0 aliphatic carbocycles. The van der Waals surface area contributed by atoms with Crippen LogP contribution in [0.1, 0.15) is 43.7 Å². The number of amides is 3. The summed E-state index contributed by atoms with van der Waals surface area (Å²) in [6, 6.07) is 6.27. The number of carboxylic acids is 2. The lowest BCUT2D eigenvalue weighted by molar-refractivity contribution is -0.141. The minimum atomic E-state index is -1.43. The van der Waals surface area contributed by atoms with Gasteiger partial charge in [0.25, 0.3) is 6.47 Å². The topological polar surface area (TPSA) is 228 Å². The van der Waals surface area contributed by atoms with Crippen LogP contribution in [0.3, 0.4) is 0 Å². The monoisotopic (exact) mass is 533 g/mol. The molecule has 3 atom stereocenters. The number of aromatic nitrogens is 3. The van der Waals surface area contributed by atoms with E-state index in [9.17, 15) is 24.0 Å². The normalized spacial score (nSPS) is 12.9. The summed E-state index contributed by atoms with van der Waals surface area (Å²) in [6.45, 7) is 0.414. The largest absolute Gasteiger partial charge is 0.481 e. The second kappa shape index (κ2) is 15.4. The molecule has 1 aromatic heterocycles. The minimum absolute atomic E-state index is 0.141. The van der Waals surface area contributed by atoms with Crippen molar-refractivity contribution in [1.82, 2.24) is 30.9 Å². The summed E-state index contributed by atoms with van der Waals surface area (Å²) >= 11 is 0. The molecule has 0 radical (unpaired) electrons. The highest BCUT2D eigenvalue weighted by Crippen LogP contribution is 2.17. The van der Waals surface area contributed by atoms with E-state index in [0.29, 0.717) is 19.3 Å². The number of ether oxygens (including phenoxy) is 1. The Morgan fingerprint density at radius 2 is 1.82 bits per heavy atom. The lowest BCUT2D eigenvalue weighted by Gasteiger charge is -2.20. The van der Waals surface area contributed by atoms with Crippen molar-refractivity contribution in [2.24, 2.45) is 0 Å². The van der Waals surface area contributed by atoms with Gasteiger partial charge < -0.3 is 36.6 Å². The first kappa shape index (κ1) is 29.5. The van der Waals surface area contributed by atoms with Crippen molar-refractivity contribution in [3.8, 4) is 0 Å². The summed E-state index contributed by atoms with van der Waals surface area (Å²) in [6.07, 6.45) is 0.945. The molecular weight excluding hydrogens is 502 g/mol. The van der Waals surface area contributed by atoms with Crippen molar-refractivity contribution in [2.45, 2.75) is 56.8 Å². The molecule has 2 aromatic rings. The standard InChI is InChI=1S/C23H31N7O8/c24-18-13-26-29-30(18)17(12-15-6-2-1-3-7-15)21(34)25-11-5-4-8-19(38-14-31)28-23(37)27-16(22(35)36)9-10-20(32)33/h1-3,6-7,13-14,16-17,19H,4-5,8-12,24H2,(H,25,34)(H,32,33)(H,35,36)(H2,27,28,37)/t16-,17-,19+/m0/s1. The number of hydrogen-bond donors (Lipinski definition) is 6. The molecule has 0 bridgehead atoms. The van der Waals surface area contributed by atoms with Gasteiger partial charge in [0.15, 0.2) is 6.23 Å². The Hall–Kier alpha value is -4.69. The Morgan fingerprint density at radius 3 is 2.42 bits per heavy atom. The van der Waals surface area contributed by atoms with Crippen molar-refractivity contribution in [2.75, 3.05) is 12.3 Å². The second-order valence-electron chi connectivity index (χ2n) is 8.26. The first-order valence-corrected chi connectivity index (χ1v) is 11.8. The smallest absolute Gasteiger partial charge is 0.326 e. The quantitative estimate of drug-likeness (QED) is 0.0903. The van der Waals surface area contributed by atoms with E-state index in [0.717, 1.165) is 5.56 Å². The zero-order valence-electron chi connectivity index (χ0n) is 20.5. The molecule has 0 saturated heterocycles. The first-order valence-electron chi connectivity index (χ1n) is 11.8. The van der Waals surface area contributed by atoms with Gasteiger partial charge >= 0.3 is 18.0 Å². The van der Waals surface area contributed by atoms with Gasteiger partial charge in [0.1, 0.15) is 17.9 Å². The van der Waals surface area contributed by atoms with E-state index in [1.54, 1.807) is 0 Å². The van der Waals surface area contributed by atoms with E-state index < -0.39 is 42.7 Å². The number of carbonyl (C=O) groups is 5. The number of unbranched alkanes of at least 4 members (excludes halogenated alkanes) is 1. The predicted molar refractivity (Wildman–Crippen MR) is 131 cm³/mol. The maximum atomic E-state index is 12.9. The molecule has 0 aliphatic rings. The molecule has 38 heavy (non-hydrogen) atoms. The minimum Gasteiger partial charge on any atom is -0.481 e. The fourth-order valence-corrected chi connectivity index (χ4v) is 3.52. The lowest BCUT2D eigenvalue weighted by Crippen LogP contribution is -2.49. The van der Waals surface area contributed by atoms with E-state index in [2.05, 4.69) is 26.3 Å². The molecule has 0 spiro atoms. The van der Waals surface area contributed by atoms with Crippen LogP contribution in [0, 0.1) is 0 Å². The van der Waals surface area contributed by atoms with Gasteiger partial charge in [-0.2, -0.15) is 0 Å². The number of nitrogen functional groups attached to an aromatic ring is 1. The van der Waals surface area contributed by atoms with E-state index in [4.69, 9.17) is 20.7 Å². The van der Waals surface area contributed by atoms with Crippen LogP contribution in [0.2, 0.25) is 0 Å². The number of hydrogen-bond acceptors (Lipinski definition) is 9. The number of benzene rings is 1. The Labute approximate surface area is 217 Å². The van der Waals surface area contributed by atoms with Gasteiger partial charge in [-0.25, -0.2) is 14.3 Å². The van der Waals surface area contributed by atoms with E-state index in [1.807, 2.05) is 30.3 Å². The van der Waals surface area contributed by atoms with Crippen molar-refractivity contribution in [3.05, 3.63) is 42.1 Å². The third kappa shape index (κ3) is 10.1. The number of carbonyl (C=O) groups excluding carboxylic acids is 3. The summed E-state index contributed by atoms with van der Waals surface area (Å²) in [5.41, 5.74) is 6.82. The maximum absolute atomic E-state index is 12.9. The number of aliphatic carboxylic acids is 2. The fourth-order valence-electron chi connectivity index (χ4n) is 3.52. The third-order valence-corrected chi connectivity index (χ3v) is 5.43. The number of rotatable bonds is 17. The van der Waals surface area contributed by atoms with Crippen molar-refractivity contribution in [1.29, 1.82) is 0 Å². The maximum Gasteiger partial charge on any atom is 0.326 e. The Kier molecular flexibility index (Phi) is 12.0. The van der Waals surface area contributed by atoms with Gasteiger partial charge in [-0.1, -0.05) is 35.5 Å². The molecule has 3 amide bonds. The summed E-state index contributed by atoms with van der Waals surface area (Å²) in [4.78, 5) is 57.7. The molecule has 15 nitrogen and oxygen atoms in total. The van der Waals surface area contributed by atoms with Crippen LogP contribution in [0.5, 0.6) is 0 Å². The highest BCUT2D eigenvalue weighted by molar-refractivity contribution is 5.83. The number of urea groups is 1. The second-order valence-corrected chi connectivity index (χ2v) is 8.26. The van der Waals surface area contributed by atoms with Gasteiger partial charge in [0.2, 0.25) is 5.91 Å². The van der Waals surface area contributed by atoms with Crippen LogP contribution in [-0.2, 0) is 30.3 Å². The summed E-state index contributed by atoms with van der Waals surface area (Å²) in [5.74, 6) is -2.68. The summed E-state index contributed by atoms with van der Waals surface area (Å²) in [5, 5.41) is 32.8. The van der Waals surface area contributed by atoms with Crippen LogP contribution in [0.4, 0.5) is 10.6 Å². The van der Waals surface area contributed by atoms with E-state index in [1.165, 1.54) is 10.9 Å². The van der Waals surface area contributed by atoms with E-state index in [-0.39, 0.29) is 37.6 Å². The Morgan fingerprint density at radius 1 is 1.08 bits per heavy atom. The van der Waals surface area contributed by atoms with Crippen molar-refractivity contribution >= 4 is 36.2 Å². The van der Waals surface area contributed by atoms with Gasteiger partial charge in [0, 0.05) is 25.8 Å². The molecule has 7 N–H and O–H groups in total. The van der Waals surface area contributed by atoms with Crippen LogP contribution < -0.4 is 21.7 Å². The highest BCUT2D eigenvalue weighted by atomic mass is 16.5. The summed E-state index contributed by atoms with van der Waals surface area (Å²) < 4.78 is 6.18. The Balaban J connectivity index is 1.83. The molecule has 0 unspecified atom stereocenters. The molecule has 206 valence electrons. The molecule has 0 saturated carbocycles. The molecular formula is C23H31N7O8. The average molecular weight is 534 g/mol. The number of nitrogens with two attached hydrogens (primary N) is 1. The van der Waals surface area contributed by atoms with Crippen LogP contribution in [0.25, 0.3) is 0 Å². The summed E-state index contributed by atoms with van der Waals surface area (Å²) in [7, 11) is 0. The van der Waals surface area contributed by atoms with Gasteiger partial charge in [-0.3, -0.25) is 14.4 Å². The Bertz CT molecular complexity index is 1080.